The number of rotatable bonds is 4. The van der Waals surface area contributed by atoms with Crippen molar-refractivity contribution in [1.82, 2.24) is 14.2 Å². The van der Waals surface area contributed by atoms with Crippen LogP contribution in [0, 0.1) is 11.3 Å². The maximum Gasteiger partial charge on any atom is 0.252 e. The maximum atomic E-state index is 12.2. The molecule has 0 aliphatic heterocycles. The van der Waals surface area contributed by atoms with E-state index in [4.69, 9.17) is 5.73 Å². The highest BCUT2D eigenvalue weighted by Gasteiger charge is 2.41. The third-order valence-corrected chi connectivity index (χ3v) is 7.50. The largest absolute Gasteiger partial charge is 0.379 e. The van der Waals surface area contributed by atoms with E-state index >= 15 is 0 Å². The van der Waals surface area contributed by atoms with E-state index in [9.17, 15) is 4.79 Å². The van der Waals surface area contributed by atoms with Crippen LogP contribution >= 0.6 is 0 Å². The van der Waals surface area contributed by atoms with E-state index in [-0.39, 0.29) is 11.5 Å². The number of anilines is 1. The van der Waals surface area contributed by atoms with E-state index < -0.39 is 5.91 Å². The van der Waals surface area contributed by atoms with E-state index in [0.717, 1.165) is 28.8 Å². The monoisotopic (exact) mass is 415 g/mol. The van der Waals surface area contributed by atoms with Crippen molar-refractivity contribution in [3.05, 3.63) is 54.5 Å². The standard InChI is InChI=1S/C25H29N5O/c1-15-5-8-22(25(15,2)3)28-23-19(24(26)31)13-27-30-14-18(12-21(23)30)16-6-7-20-17(11-16)9-10-29(20)4/h6-7,9-15,22,28H,5,8H2,1-4H3,(H2,26,31)/t15?,22-/m1/s1. The van der Waals surface area contributed by atoms with Crippen molar-refractivity contribution in [2.45, 2.75) is 39.7 Å². The van der Waals surface area contributed by atoms with Crippen molar-refractivity contribution in [3.63, 3.8) is 0 Å². The summed E-state index contributed by atoms with van der Waals surface area (Å²) >= 11 is 0. The van der Waals surface area contributed by atoms with Crippen molar-refractivity contribution in [2.24, 2.45) is 24.1 Å². The summed E-state index contributed by atoms with van der Waals surface area (Å²) in [4.78, 5) is 12.2. The van der Waals surface area contributed by atoms with Crippen molar-refractivity contribution in [2.75, 3.05) is 5.32 Å². The summed E-state index contributed by atoms with van der Waals surface area (Å²) in [6.45, 7) is 6.89. The van der Waals surface area contributed by atoms with E-state index in [1.165, 1.54) is 17.3 Å². The van der Waals surface area contributed by atoms with Gasteiger partial charge in [0, 0.05) is 41.9 Å². The number of benzene rings is 1. The molecule has 0 spiro atoms. The highest BCUT2D eigenvalue weighted by molar-refractivity contribution is 6.02. The molecule has 1 saturated carbocycles. The number of aryl methyl sites for hydroxylation is 1. The van der Waals surface area contributed by atoms with Gasteiger partial charge in [0.15, 0.2) is 0 Å². The Bertz CT molecular complexity index is 1310. The lowest BCUT2D eigenvalue weighted by Crippen LogP contribution is -2.35. The lowest BCUT2D eigenvalue weighted by atomic mass is 9.80. The molecule has 3 aromatic heterocycles. The van der Waals surface area contributed by atoms with Gasteiger partial charge in [0.1, 0.15) is 0 Å². The van der Waals surface area contributed by atoms with Crippen LogP contribution in [-0.4, -0.2) is 26.1 Å². The summed E-state index contributed by atoms with van der Waals surface area (Å²) in [7, 11) is 2.05. The third kappa shape index (κ3) is 3.09. The van der Waals surface area contributed by atoms with Gasteiger partial charge in [-0.15, -0.1) is 0 Å². The summed E-state index contributed by atoms with van der Waals surface area (Å²) in [5, 5.41) is 9.36. The van der Waals surface area contributed by atoms with Crippen LogP contribution < -0.4 is 11.1 Å². The second kappa shape index (κ2) is 6.87. The van der Waals surface area contributed by atoms with Gasteiger partial charge in [-0.05, 0) is 54.0 Å². The van der Waals surface area contributed by atoms with Crippen molar-refractivity contribution in [3.8, 4) is 11.1 Å². The predicted octanol–water partition coefficient (Wildman–Crippen LogP) is 4.83. The number of nitrogens with one attached hydrogen (secondary N) is 1. The first-order chi connectivity index (χ1) is 14.8. The molecule has 6 nitrogen and oxygen atoms in total. The third-order valence-electron chi connectivity index (χ3n) is 7.50. The molecular weight excluding hydrogens is 386 g/mol. The summed E-state index contributed by atoms with van der Waals surface area (Å²) in [6, 6.07) is 10.9. The molecule has 1 unspecified atom stereocenters. The molecule has 1 aromatic carbocycles. The predicted molar refractivity (Wildman–Crippen MR) is 125 cm³/mol. The average Bonchev–Trinajstić information content (AvgIpc) is 3.40. The maximum absolute atomic E-state index is 12.2. The van der Waals surface area contributed by atoms with Crippen molar-refractivity contribution in [1.29, 1.82) is 0 Å². The fourth-order valence-electron chi connectivity index (χ4n) is 4.95. The molecule has 160 valence electrons. The highest BCUT2D eigenvalue weighted by Crippen LogP contribution is 2.44. The first-order valence-electron chi connectivity index (χ1n) is 10.9. The van der Waals surface area contributed by atoms with Crippen LogP contribution in [0.3, 0.4) is 0 Å². The summed E-state index contributed by atoms with van der Waals surface area (Å²) < 4.78 is 3.95. The Labute approximate surface area is 182 Å². The molecule has 31 heavy (non-hydrogen) atoms. The molecule has 3 heterocycles. The summed E-state index contributed by atoms with van der Waals surface area (Å²) in [6.07, 6.45) is 7.89. The number of carbonyl (C=O) groups is 1. The molecule has 1 aliphatic rings. The SMILES string of the molecule is CC1CC[C@@H](Nc2c(C(N)=O)cnn3cc(-c4ccc5c(ccn5C)c4)cc23)C1(C)C. The Morgan fingerprint density at radius 2 is 1.97 bits per heavy atom. The molecule has 1 amide bonds. The molecule has 6 heteroatoms. The number of nitrogens with two attached hydrogens (primary N) is 1. The van der Waals surface area contributed by atoms with Crippen LogP contribution in [0.4, 0.5) is 5.69 Å². The van der Waals surface area contributed by atoms with E-state index in [1.807, 2.05) is 17.8 Å². The zero-order valence-corrected chi connectivity index (χ0v) is 18.5. The van der Waals surface area contributed by atoms with Gasteiger partial charge in [-0.1, -0.05) is 26.8 Å². The smallest absolute Gasteiger partial charge is 0.252 e. The zero-order chi connectivity index (χ0) is 21.9. The molecule has 0 radical (unpaired) electrons. The van der Waals surface area contributed by atoms with Gasteiger partial charge < -0.3 is 15.6 Å². The van der Waals surface area contributed by atoms with Gasteiger partial charge in [-0.25, -0.2) is 4.52 Å². The van der Waals surface area contributed by atoms with Crippen LogP contribution in [-0.2, 0) is 7.05 Å². The van der Waals surface area contributed by atoms with Crippen LogP contribution in [0.2, 0.25) is 0 Å². The molecule has 2 atom stereocenters. The van der Waals surface area contributed by atoms with Gasteiger partial charge in [0.2, 0.25) is 0 Å². The quantitative estimate of drug-likeness (QED) is 0.501. The number of primary amides is 1. The molecule has 1 fully saturated rings. The topological polar surface area (TPSA) is 77.3 Å². The highest BCUT2D eigenvalue weighted by atomic mass is 16.1. The number of hydrogen-bond donors (Lipinski definition) is 2. The van der Waals surface area contributed by atoms with Crippen LogP contribution in [0.15, 0.2) is 48.9 Å². The molecule has 0 bridgehead atoms. The van der Waals surface area contributed by atoms with Crippen LogP contribution in [0.25, 0.3) is 27.5 Å². The van der Waals surface area contributed by atoms with Gasteiger partial charge in [-0.2, -0.15) is 5.10 Å². The minimum absolute atomic E-state index is 0.128. The number of fused-ring (bicyclic) bond motifs is 2. The molecular formula is C25H29N5O. The minimum Gasteiger partial charge on any atom is -0.379 e. The number of carbonyl (C=O) groups excluding carboxylic acids is 1. The normalized spacial score (nSPS) is 20.5. The first kappa shape index (κ1) is 19.7. The number of amides is 1. The Morgan fingerprint density at radius 3 is 2.68 bits per heavy atom. The molecule has 0 saturated heterocycles. The molecule has 1 aliphatic carbocycles. The second-order valence-electron chi connectivity index (χ2n) is 9.55. The zero-order valence-electron chi connectivity index (χ0n) is 18.5. The fraction of sp³-hybridized carbons (Fsp3) is 0.360. The van der Waals surface area contributed by atoms with Gasteiger partial charge in [0.25, 0.3) is 5.91 Å². The van der Waals surface area contributed by atoms with E-state index in [2.05, 4.69) is 72.3 Å². The van der Waals surface area contributed by atoms with Gasteiger partial charge in [-0.3, -0.25) is 4.79 Å². The molecule has 3 N–H and O–H groups in total. The second-order valence-corrected chi connectivity index (χ2v) is 9.55. The number of aromatic nitrogens is 3. The number of hydrogen-bond acceptors (Lipinski definition) is 3. The van der Waals surface area contributed by atoms with Crippen molar-refractivity contribution >= 4 is 28.0 Å². The minimum atomic E-state index is -0.463. The molecule has 5 rings (SSSR count). The first-order valence-corrected chi connectivity index (χ1v) is 10.9. The van der Waals surface area contributed by atoms with E-state index in [1.54, 1.807) is 6.20 Å². The Morgan fingerprint density at radius 1 is 1.16 bits per heavy atom. The lowest BCUT2D eigenvalue weighted by molar-refractivity contribution is 0.100. The van der Waals surface area contributed by atoms with Gasteiger partial charge >= 0.3 is 0 Å². The van der Waals surface area contributed by atoms with E-state index in [0.29, 0.717) is 11.5 Å². The Hall–Kier alpha value is -3.28. The van der Waals surface area contributed by atoms with Crippen LogP contribution in [0.5, 0.6) is 0 Å². The van der Waals surface area contributed by atoms with Gasteiger partial charge in [0.05, 0.1) is 23.0 Å². The summed E-state index contributed by atoms with van der Waals surface area (Å²) in [5.74, 6) is 0.148. The average molecular weight is 416 g/mol. The summed E-state index contributed by atoms with van der Waals surface area (Å²) in [5.41, 5.74) is 11.3. The van der Waals surface area contributed by atoms with Crippen molar-refractivity contribution < 1.29 is 4.79 Å². The Kier molecular flexibility index (Phi) is 4.36. The fourth-order valence-corrected chi connectivity index (χ4v) is 4.95. The lowest BCUT2D eigenvalue weighted by Gasteiger charge is -2.33. The Balaban J connectivity index is 1.62. The van der Waals surface area contributed by atoms with Crippen LogP contribution in [0.1, 0.15) is 44.0 Å². The molecule has 4 aromatic rings. The number of nitrogens with zero attached hydrogens (tertiary/aromatic N) is 3.